The van der Waals surface area contributed by atoms with Crippen molar-refractivity contribution < 1.29 is 12.8 Å². The molecule has 3 rings (SSSR count). The van der Waals surface area contributed by atoms with Crippen molar-refractivity contribution in [2.24, 2.45) is 0 Å². The molecule has 0 N–H and O–H groups in total. The Kier molecular flexibility index (Phi) is 2.64. The van der Waals surface area contributed by atoms with Crippen LogP contribution in [0.2, 0.25) is 0 Å². The van der Waals surface area contributed by atoms with Gasteiger partial charge in [0.2, 0.25) is 0 Å². The van der Waals surface area contributed by atoms with Crippen LogP contribution in [0.3, 0.4) is 0 Å². The van der Waals surface area contributed by atoms with Crippen molar-refractivity contribution in [2.45, 2.75) is 17.0 Å². The normalized spacial score (nSPS) is 11.8. The second-order valence-corrected chi connectivity index (χ2v) is 6.05. The number of aryl methyl sites for hydroxylation is 1. The summed E-state index contributed by atoms with van der Waals surface area (Å²) in [6.45, 7) is 1.86. The molecule has 5 heteroatoms. The minimum absolute atomic E-state index is 0.180. The van der Waals surface area contributed by atoms with Crippen molar-refractivity contribution in [3.05, 3.63) is 54.1 Å². The fourth-order valence-electron chi connectivity index (χ4n) is 1.88. The van der Waals surface area contributed by atoms with E-state index in [1.807, 2.05) is 19.1 Å². The number of nitrogens with zero attached hydrogens (tertiary/aromatic N) is 1. The summed E-state index contributed by atoms with van der Waals surface area (Å²) in [5, 5.41) is -0.261. The smallest absolute Gasteiger partial charge is 0.321 e. The first kappa shape index (κ1) is 11.9. The first-order valence-electron chi connectivity index (χ1n) is 5.75. The topological polar surface area (TPSA) is 60.2 Å². The third kappa shape index (κ3) is 1.92. The van der Waals surface area contributed by atoms with Crippen LogP contribution in [0.15, 0.2) is 63.1 Å². The maximum Gasteiger partial charge on any atom is 0.321 e. The number of hydrogen-bond donors (Lipinski definition) is 0. The molecule has 1 heterocycles. The first-order valence-corrected chi connectivity index (χ1v) is 7.23. The van der Waals surface area contributed by atoms with Gasteiger partial charge in [0.1, 0.15) is 5.52 Å². The van der Waals surface area contributed by atoms with Crippen LogP contribution in [-0.2, 0) is 9.84 Å². The molecular weight excluding hydrogens is 262 g/mol. The molecule has 0 saturated heterocycles. The zero-order valence-electron chi connectivity index (χ0n) is 10.2. The summed E-state index contributed by atoms with van der Waals surface area (Å²) in [6.07, 6.45) is 0. The lowest BCUT2D eigenvalue weighted by molar-refractivity contribution is 0.458. The average Bonchev–Trinajstić information content (AvgIpc) is 2.86. The van der Waals surface area contributed by atoms with E-state index in [1.165, 1.54) is 12.1 Å². The van der Waals surface area contributed by atoms with E-state index in [-0.39, 0.29) is 10.1 Å². The molecule has 0 amide bonds. The summed E-state index contributed by atoms with van der Waals surface area (Å²) in [5.74, 6) is 0. The standard InChI is InChI=1S/C14H11NO3S/c1-10-6-5-9-12-13(10)15-14(18-12)19(16,17)11-7-3-2-4-8-11/h2-9H,1H3. The maximum absolute atomic E-state index is 12.4. The molecule has 96 valence electrons. The van der Waals surface area contributed by atoms with Gasteiger partial charge in [0.25, 0.3) is 9.84 Å². The fourth-order valence-corrected chi connectivity index (χ4v) is 3.01. The molecule has 0 bridgehead atoms. The Hall–Kier alpha value is -2.14. The second-order valence-electron chi connectivity index (χ2n) is 4.22. The van der Waals surface area contributed by atoms with Crippen LogP contribution in [0.1, 0.15) is 5.56 Å². The number of oxazole rings is 1. The van der Waals surface area contributed by atoms with Gasteiger partial charge in [-0.3, -0.25) is 0 Å². The highest BCUT2D eigenvalue weighted by Gasteiger charge is 2.24. The van der Waals surface area contributed by atoms with E-state index in [2.05, 4.69) is 4.98 Å². The quantitative estimate of drug-likeness (QED) is 0.720. The monoisotopic (exact) mass is 273 g/mol. The number of sulfone groups is 1. The number of rotatable bonds is 2. The van der Waals surface area contributed by atoms with Crippen LogP contribution >= 0.6 is 0 Å². The fraction of sp³-hybridized carbons (Fsp3) is 0.0714. The molecule has 0 radical (unpaired) electrons. The molecule has 0 aliphatic heterocycles. The highest BCUT2D eigenvalue weighted by Crippen LogP contribution is 2.25. The summed E-state index contributed by atoms with van der Waals surface area (Å²) in [5.41, 5.74) is 1.95. The van der Waals surface area contributed by atoms with Crippen LogP contribution < -0.4 is 0 Å². The molecule has 0 aliphatic carbocycles. The third-order valence-electron chi connectivity index (χ3n) is 2.88. The zero-order chi connectivity index (χ0) is 13.5. The molecule has 0 saturated carbocycles. The van der Waals surface area contributed by atoms with Gasteiger partial charge in [-0.1, -0.05) is 30.3 Å². The van der Waals surface area contributed by atoms with Gasteiger partial charge in [0, 0.05) is 0 Å². The number of benzene rings is 2. The van der Waals surface area contributed by atoms with E-state index in [0.717, 1.165) is 5.56 Å². The number of fused-ring (bicyclic) bond motifs is 1. The van der Waals surface area contributed by atoms with Gasteiger partial charge in [-0.15, -0.1) is 0 Å². The van der Waals surface area contributed by atoms with Crippen LogP contribution in [0.5, 0.6) is 0 Å². The summed E-state index contributed by atoms with van der Waals surface area (Å²) >= 11 is 0. The van der Waals surface area contributed by atoms with E-state index in [0.29, 0.717) is 11.1 Å². The van der Waals surface area contributed by atoms with Crippen LogP contribution in [-0.4, -0.2) is 13.4 Å². The van der Waals surface area contributed by atoms with Crippen molar-refractivity contribution in [1.29, 1.82) is 0 Å². The van der Waals surface area contributed by atoms with Gasteiger partial charge in [0.15, 0.2) is 5.58 Å². The van der Waals surface area contributed by atoms with Crippen molar-refractivity contribution in [1.82, 2.24) is 4.98 Å². The highest BCUT2D eigenvalue weighted by molar-refractivity contribution is 7.91. The van der Waals surface area contributed by atoms with Crippen LogP contribution in [0, 0.1) is 6.92 Å². The Morgan fingerprint density at radius 2 is 1.74 bits per heavy atom. The third-order valence-corrected chi connectivity index (χ3v) is 4.41. The lowest BCUT2D eigenvalue weighted by Crippen LogP contribution is -2.01. The molecule has 2 aromatic carbocycles. The Morgan fingerprint density at radius 3 is 2.42 bits per heavy atom. The van der Waals surface area contributed by atoms with Crippen LogP contribution in [0.4, 0.5) is 0 Å². The van der Waals surface area contributed by atoms with E-state index >= 15 is 0 Å². The van der Waals surface area contributed by atoms with Gasteiger partial charge in [-0.25, -0.2) is 8.42 Å². The largest absolute Gasteiger partial charge is 0.428 e. The summed E-state index contributed by atoms with van der Waals surface area (Å²) < 4.78 is 30.1. The Balaban J connectivity index is 2.22. The van der Waals surface area contributed by atoms with Gasteiger partial charge < -0.3 is 4.42 Å². The summed E-state index contributed by atoms with van der Waals surface area (Å²) in [7, 11) is -3.70. The predicted octanol–water partition coefficient (Wildman–Crippen LogP) is 2.97. The minimum atomic E-state index is -3.70. The number of hydrogen-bond acceptors (Lipinski definition) is 4. The van der Waals surface area contributed by atoms with Gasteiger partial charge in [0.05, 0.1) is 4.90 Å². The van der Waals surface area contributed by atoms with Crippen molar-refractivity contribution in [2.75, 3.05) is 0 Å². The Morgan fingerprint density at radius 1 is 1.00 bits per heavy atom. The second kappa shape index (κ2) is 4.20. The predicted molar refractivity (Wildman–Crippen MR) is 70.6 cm³/mol. The molecule has 19 heavy (non-hydrogen) atoms. The maximum atomic E-state index is 12.4. The zero-order valence-corrected chi connectivity index (χ0v) is 11.0. The van der Waals surface area contributed by atoms with E-state index < -0.39 is 9.84 Å². The van der Waals surface area contributed by atoms with E-state index in [9.17, 15) is 8.42 Å². The SMILES string of the molecule is Cc1cccc2oc(S(=O)(=O)c3ccccc3)nc12. The first-order chi connectivity index (χ1) is 9.09. The molecule has 0 atom stereocenters. The van der Waals surface area contributed by atoms with Crippen molar-refractivity contribution in [3.8, 4) is 0 Å². The van der Waals surface area contributed by atoms with Gasteiger partial charge in [-0.05, 0) is 30.7 Å². The van der Waals surface area contributed by atoms with Crippen molar-refractivity contribution >= 4 is 20.9 Å². The molecular formula is C14H11NO3S. The molecule has 4 nitrogen and oxygen atoms in total. The lowest BCUT2D eigenvalue weighted by atomic mass is 10.2. The summed E-state index contributed by atoms with van der Waals surface area (Å²) in [4.78, 5) is 4.29. The molecule has 0 spiro atoms. The molecule has 1 aromatic heterocycles. The molecule has 0 aliphatic rings. The van der Waals surface area contributed by atoms with Crippen LogP contribution in [0.25, 0.3) is 11.1 Å². The van der Waals surface area contributed by atoms with E-state index in [4.69, 9.17) is 4.42 Å². The molecule has 3 aromatic rings. The minimum Gasteiger partial charge on any atom is -0.428 e. The summed E-state index contributed by atoms with van der Waals surface area (Å²) in [6, 6.07) is 13.5. The van der Waals surface area contributed by atoms with E-state index in [1.54, 1.807) is 24.3 Å². The average molecular weight is 273 g/mol. The number of para-hydroxylation sites is 1. The Bertz CT molecular complexity index is 836. The van der Waals surface area contributed by atoms with Gasteiger partial charge in [-0.2, -0.15) is 4.98 Å². The Labute approximate surface area is 110 Å². The van der Waals surface area contributed by atoms with Crippen molar-refractivity contribution in [3.63, 3.8) is 0 Å². The molecule has 0 unspecified atom stereocenters. The molecule has 0 fully saturated rings. The lowest BCUT2D eigenvalue weighted by Gasteiger charge is -1.97. The highest BCUT2D eigenvalue weighted by atomic mass is 32.2. The number of aromatic nitrogens is 1. The van der Waals surface area contributed by atoms with Gasteiger partial charge >= 0.3 is 5.22 Å².